The summed E-state index contributed by atoms with van der Waals surface area (Å²) in [7, 11) is 0. The van der Waals surface area contributed by atoms with Crippen LogP contribution in [0, 0.1) is 0 Å². The van der Waals surface area contributed by atoms with E-state index in [9.17, 15) is 14.4 Å². The Balaban J connectivity index is 1.84. The number of benzene rings is 2. The molecule has 4 nitrogen and oxygen atoms in total. The minimum Gasteiger partial charge on any atom is -0.288 e. The summed E-state index contributed by atoms with van der Waals surface area (Å²) < 4.78 is 0. The van der Waals surface area contributed by atoms with Gasteiger partial charge in [0, 0.05) is 15.5 Å². The van der Waals surface area contributed by atoms with Gasteiger partial charge in [0.1, 0.15) is 10.6 Å². The molecule has 23 heavy (non-hydrogen) atoms. The molecular weight excluding hydrogens is 334 g/mol. The fourth-order valence-corrected chi connectivity index (χ4v) is 3.91. The largest absolute Gasteiger partial charge is 0.304 e. The number of Topliss-reactive ketones (excluding diaryl/α,β-unsaturated/α-hetero) is 2. The number of nitrogens with zero attached hydrogens (tertiary/aromatic N) is 1. The summed E-state index contributed by atoms with van der Waals surface area (Å²) in [6, 6.07) is 13.5. The molecule has 0 spiro atoms. The van der Waals surface area contributed by atoms with Crippen molar-refractivity contribution in [2.45, 2.75) is 4.90 Å². The van der Waals surface area contributed by atoms with Crippen molar-refractivity contribution in [2.75, 3.05) is 4.90 Å². The van der Waals surface area contributed by atoms with Gasteiger partial charge in [0.15, 0.2) is 5.78 Å². The van der Waals surface area contributed by atoms with Gasteiger partial charge in [-0.2, -0.15) is 0 Å². The van der Waals surface area contributed by atoms with E-state index in [0.29, 0.717) is 21.3 Å². The van der Waals surface area contributed by atoms with Crippen molar-refractivity contribution < 1.29 is 14.4 Å². The van der Waals surface area contributed by atoms with Crippen LogP contribution in [0.25, 0.3) is 0 Å². The Morgan fingerprint density at radius 3 is 2.43 bits per heavy atom. The molecule has 0 bridgehead atoms. The maximum absolute atomic E-state index is 12.7. The van der Waals surface area contributed by atoms with Crippen LogP contribution in [-0.4, -0.2) is 17.5 Å². The highest BCUT2D eigenvalue weighted by Crippen LogP contribution is 2.50. The minimum atomic E-state index is -0.762. The zero-order valence-electron chi connectivity index (χ0n) is 11.6. The Morgan fingerprint density at radius 1 is 1.00 bits per heavy atom. The van der Waals surface area contributed by atoms with E-state index in [4.69, 9.17) is 11.6 Å². The number of carbonyl (C=O) groups excluding carboxylic acids is 3. The average molecular weight is 342 g/mol. The van der Waals surface area contributed by atoms with Crippen LogP contribution in [0.15, 0.2) is 64.0 Å². The summed E-state index contributed by atoms with van der Waals surface area (Å²) in [5, 5.41) is 0.887. The highest BCUT2D eigenvalue weighted by molar-refractivity contribution is 8.04. The van der Waals surface area contributed by atoms with E-state index in [2.05, 4.69) is 0 Å². The predicted molar refractivity (Wildman–Crippen MR) is 87.6 cm³/mol. The van der Waals surface area contributed by atoms with Crippen LogP contribution in [0.2, 0.25) is 5.02 Å². The van der Waals surface area contributed by atoms with Crippen molar-refractivity contribution >= 4 is 46.5 Å². The highest BCUT2D eigenvalue weighted by atomic mass is 35.5. The van der Waals surface area contributed by atoms with E-state index in [1.807, 2.05) is 12.1 Å². The van der Waals surface area contributed by atoms with Gasteiger partial charge in [-0.25, -0.2) is 0 Å². The molecule has 2 aliphatic rings. The minimum absolute atomic E-state index is 0.0708. The topological polar surface area (TPSA) is 54.5 Å². The van der Waals surface area contributed by atoms with E-state index in [0.717, 1.165) is 4.90 Å². The molecule has 2 aliphatic heterocycles. The van der Waals surface area contributed by atoms with Crippen LogP contribution in [-0.2, 0) is 9.59 Å². The molecule has 0 N–H and O–H groups in total. The van der Waals surface area contributed by atoms with Gasteiger partial charge in [0.25, 0.3) is 5.78 Å². The molecule has 1 amide bonds. The highest BCUT2D eigenvalue weighted by Gasteiger charge is 2.46. The molecule has 0 saturated heterocycles. The Kier molecular flexibility index (Phi) is 3.14. The first-order valence-corrected chi connectivity index (χ1v) is 7.97. The molecule has 0 aromatic heterocycles. The first-order chi connectivity index (χ1) is 11.1. The van der Waals surface area contributed by atoms with Crippen molar-refractivity contribution in [3.05, 3.63) is 69.7 Å². The number of ketones is 2. The fourth-order valence-electron chi connectivity index (χ4n) is 2.60. The third-order valence-corrected chi connectivity index (χ3v) is 5.08. The number of halogens is 1. The number of thioether (sulfide) groups is 1. The Bertz CT molecular complexity index is 918. The quantitative estimate of drug-likeness (QED) is 0.477. The molecule has 4 rings (SSSR count). The summed E-state index contributed by atoms with van der Waals surface area (Å²) in [6.07, 6.45) is 0. The smallest absolute Gasteiger partial charge is 0.288 e. The molecule has 0 unspecified atom stereocenters. The monoisotopic (exact) mass is 341 g/mol. The molecule has 0 radical (unpaired) electrons. The molecule has 2 aromatic rings. The van der Waals surface area contributed by atoms with Crippen LogP contribution in [0.1, 0.15) is 10.4 Å². The van der Waals surface area contributed by atoms with Crippen LogP contribution in [0.3, 0.4) is 0 Å². The number of rotatable bonds is 2. The van der Waals surface area contributed by atoms with Gasteiger partial charge in [0.2, 0.25) is 0 Å². The number of carbonyl (C=O) groups is 3. The lowest BCUT2D eigenvalue weighted by atomic mass is 10.0. The summed E-state index contributed by atoms with van der Waals surface area (Å²) in [5.41, 5.74) is 0.903. The summed E-state index contributed by atoms with van der Waals surface area (Å²) in [6.45, 7) is 0. The van der Waals surface area contributed by atoms with Gasteiger partial charge >= 0.3 is 5.91 Å². The van der Waals surface area contributed by atoms with Gasteiger partial charge in [-0.05, 0) is 36.4 Å². The third kappa shape index (κ3) is 2.04. The maximum atomic E-state index is 12.7. The number of hydrogen-bond donors (Lipinski definition) is 0. The molecule has 6 heteroatoms. The lowest BCUT2D eigenvalue weighted by molar-refractivity contribution is -0.132. The summed E-state index contributed by atoms with van der Waals surface area (Å²) >= 11 is 7.09. The molecular formula is C17H8ClNO3S. The van der Waals surface area contributed by atoms with Crippen molar-refractivity contribution in [2.24, 2.45) is 0 Å². The summed E-state index contributed by atoms with van der Waals surface area (Å²) in [4.78, 5) is 39.5. The number of fused-ring (bicyclic) bond motifs is 3. The zero-order chi connectivity index (χ0) is 16.1. The lowest BCUT2D eigenvalue weighted by Crippen LogP contribution is -2.26. The van der Waals surface area contributed by atoms with E-state index in [1.165, 1.54) is 16.7 Å². The van der Waals surface area contributed by atoms with E-state index in [1.54, 1.807) is 36.4 Å². The van der Waals surface area contributed by atoms with Gasteiger partial charge in [0.05, 0.1) is 5.69 Å². The van der Waals surface area contributed by atoms with E-state index < -0.39 is 17.5 Å². The number of anilines is 1. The van der Waals surface area contributed by atoms with Gasteiger partial charge in [-0.15, -0.1) is 0 Å². The number of para-hydroxylation sites is 1. The first-order valence-electron chi connectivity index (χ1n) is 6.78. The van der Waals surface area contributed by atoms with Gasteiger partial charge in [-0.1, -0.05) is 35.5 Å². The number of amides is 1. The Hall–Kier alpha value is -2.37. The lowest BCUT2D eigenvalue weighted by Gasteiger charge is -2.09. The normalized spacial score (nSPS) is 16.0. The SMILES string of the molecule is O=C1C(=O)N2C(=C1C(=O)c1ccc(Cl)cc1)Sc1ccccc12. The average Bonchev–Trinajstić information content (AvgIpc) is 3.03. The van der Waals surface area contributed by atoms with Crippen molar-refractivity contribution in [3.8, 4) is 0 Å². The standard InChI is InChI=1S/C17H8ClNO3S/c18-10-7-5-9(6-8-10)14(20)13-15(21)16(22)19-11-3-1-2-4-12(11)23-17(13)19/h1-8H. The predicted octanol–water partition coefficient (Wildman–Crippen LogP) is 3.46. The fraction of sp³-hybridized carbons (Fsp3) is 0. The maximum Gasteiger partial charge on any atom is 0.304 e. The molecule has 0 saturated carbocycles. The third-order valence-electron chi connectivity index (χ3n) is 3.69. The first kappa shape index (κ1) is 14.2. The number of hydrogen-bond acceptors (Lipinski definition) is 4. The second kappa shape index (κ2) is 5.08. The second-order valence-electron chi connectivity index (χ2n) is 5.06. The van der Waals surface area contributed by atoms with Crippen molar-refractivity contribution in [1.82, 2.24) is 0 Å². The van der Waals surface area contributed by atoms with Gasteiger partial charge < -0.3 is 0 Å². The van der Waals surface area contributed by atoms with E-state index in [-0.39, 0.29) is 5.57 Å². The summed E-state index contributed by atoms with van der Waals surface area (Å²) in [5.74, 6) is -1.91. The van der Waals surface area contributed by atoms with Crippen LogP contribution < -0.4 is 4.90 Å². The van der Waals surface area contributed by atoms with Crippen LogP contribution >= 0.6 is 23.4 Å². The molecule has 112 valence electrons. The zero-order valence-corrected chi connectivity index (χ0v) is 13.1. The van der Waals surface area contributed by atoms with Crippen molar-refractivity contribution in [3.63, 3.8) is 0 Å². The van der Waals surface area contributed by atoms with Crippen LogP contribution in [0.5, 0.6) is 0 Å². The molecule has 0 atom stereocenters. The Morgan fingerprint density at radius 2 is 1.70 bits per heavy atom. The molecule has 2 heterocycles. The Labute approximate surface area is 140 Å². The van der Waals surface area contributed by atoms with E-state index >= 15 is 0 Å². The molecule has 2 aromatic carbocycles. The van der Waals surface area contributed by atoms with Crippen molar-refractivity contribution in [1.29, 1.82) is 0 Å². The second-order valence-corrected chi connectivity index (χ2v) is 6.52. The molecule has 0 aliphatic carbocycles. The van der Waals surface area contributed by atoms with Crippen LogP contribution in [0.4, 0.5) is 5.69 Å². The molecule has 0 fully saturated rings. The van der Waals surface area contributed by atoms with Gasteiger partial charge in [-0.3, -0.25) is 19.3 Å².